The summed E-state index contributed by atoms with van der Waals surface area (Å²) in [4.78, 5) is 6.19. The van der Waals surface area contributed by atoms with E-state index in [0.717, 1.165) is 18.7 Å². The summed E-state index contributed by atoms with van der Waals surface area (Å²) >= 11 is 0. The highest BCUT2D eigenvalue weighted by Crippen LogP contribution is 2.04. The zero-order chi connectivity index (χ0) is 12.7. The molecule has 6 heteroatoms. The number of hydrogen-bond donors (Lipinski definition) is 3. The van der Waals surface area contributed by atoms with Crippen LogP contribution in [0, 0.1) is 0 Å². The summed E-state index contributed by atoms with van der Waals surface area (Å²) in [5.41, 5.74) is 6.99. The van der Waals surface area contributed by atoms with Crippen molar-refractivity contribution in [3.8, 4) is 0 Å². The summed E-state index contributed by atoms with van der Waals surface area (Å²) in [5, 5.41) is 14.9. The second-order valence-electron chi connectivity index (χ2n) is 3.98. The van der Waals surface area contributed by atoms with E-state index in [0.29, 0.717) is 12.2 Å². The van der Waals surface area contributed by atoms with Gasteiger partial charge < -0.3 is 21.2 Å². The number of nitrogens with two attached hydrogens (primary N) is 1. The molecule has 0 aliphatic heterocycles. The van der Waals surface area contributed by atoms with Crippen LogP contribution in [0.5, 0.6) is 0 Å². The van der Waals surface area contributed by atoms with Crippen molar-refractivity contribution < 1.29 is 5.21 Å². The number of aromatic nitrogens is 1. The van der Waals surface area contributed by atoms with Crippen LogP contribution in [-0.4, -0.2) is 48.1 Å². The van der Waals surface area contributed by atoms with Gasteiger partial charge in [0, 0.05) is 25.8 Å². The monoisotopic (exact) mass is 237 g/mol. The molecule has 0 atom stereocenters. The fraction of sp³-hybridized carbons (Fsp3) is 0.455. The Morgan fingerprint density at radius 3 is 3.00 bits per heavy atom. The fourth-order valence-corrected chi connectivity index (χ4v) is 1.38. The summed E-state index contributed by atoms with van der Waals surface area (Å²) in [6.07, 6.45) is 1.62. The number of nitrogens with zero attached hydrogens (tertiary/aromatic N) is 3. The highest BCUT2D eigenvalue weighted by molar-refractivity contribution is 5.96. The van der Waals surface area contributed by atoms with Gasteiger partial charge in [-0.2, -0.15) is 0 Å². The third kappa shape index (κ3) is 4.38. The van der Waals surface area contributed by atoms with E-state index < -0.39 is 0 Å². The molecule has 1 rings (SSSR count). The van der Waals surface area contributed by atoms with Crippen LogP contribution in [-0.2, 0) is 6.54 Å². The Kier molecular flexibility index (Phi) is 5.38. The molecule has 0 fully saturated rings. The maximum absolute atomic E-state index is 8.65. The third-order valence-electron chi connectivity index (χ3n) is 2.29. The van der Waals surface area contributed by atoms with Crippen molar-refractivity contribution in [2.75, 3.05) is 27.2 Å². The molecule has 1 heterocycles. The Bertz CT molecular complexity index is 378. The molecule has 0 unspecified atom stereocenters. The van der Waals surface area contributed by atoms with E-state index in [1.54, 1.807) is 6.20 Å². The number of likely N-dealkylation sites (N-methyl/N-ethyl adjacent to an activating group) is 1. The van der Waals surface area contributed by atoms with Crippen molar-refractivity contribution in [3.05, 3.63) is 29.6 Å². The van der Waals surface area contributed by atoms with Crippen molar-refractivity contribution in [2.24, 2.45) is 10.9 Å². The minimum Gasteiger partial charge on any atom is -0.409 e. The lowest BCUT2D eigenvalue weighted by Gasteiger charge is -2.11. The first kappa shape index (κ1) is 13.4. The van der Waals surface area contributed by atoms with Crippen LogP contribution in [0.15, 0.2) is 23.5 Å². The topological polar surface area (TPSA) is 86.8 Å². The van der Waals surface area contributed by atoms with Crippen LogP contribution in [0.1, 0.15) is 11.3 Å². The first-order chi connectivity index (χ1) is 8.15. The zero-order valence-corrected chi connectivity index (χ0v) is 10.2. The molecule has 0 spiro atoms. The minimum atomic E-state index is 0.0370. The smallest absolute Gasteiger partial charge is 0.189 e. The molecular weight excluding hydrogens is 218 g/mol. The molecule has 0 saturated heterocycles. The van der Waals surface area contributed by atoms with Gasteiger partial charge in [-0.3, -0.25) is 4.98 Å². The first-order valence-corrected chi connectivity index (χ1v) is 5.42. The van der Waals surface area contributed by atoms with Gasteiger partial charge in [-0.15, -0.1) is 0 Å². The molecule has 0 bridgehead atoms. The van der Waals surface area contributed by atoms with E-state index in [4.69, 9.17) is 10.9 Å². The summed E-state index contributed by atoms with van der Waals surface area (Å²) in [7, 11) is 4.04. The molecule has 0 saturated carbocycles. The Labute approximate surface area is 101 Å². The summed E-state index contributed by atoms with van der Waals surface area (Å²) in [6, 6.07) is 3.74. The third-order valence-corrected chi connectivity index (χ3v) is 2.29. The minimum absolute atomic E-state index is 0.0370. The lowest BCUT2D eigenvalue weighted by molar-refractivity contribution is 0.318. The van der Waals surface area contributed by atoms with Gasteiger partial charge in [0.1, 0.15) is 5.69 Å². The van der Waals surface area contributed by atoms with Crippen molar-refractivity contribution in [1.29, 1.82) is 0 Å². The number of rotatable bonds is 6. The van der Waals surface area contributed by atoms with Gasteiger partial charge in [0.25, 0.3) is 0 Å². The highest BCUT2D eigenvalue weighted by atomic mass is 16.4. The average Bonchev–Trinajstić information content (AvgIpc) is 2.34. The number of amidine groups is 1. The van der Waals surface area contributed by atoms with E-state index in [1.807, 2.05) is 26.2 Å². The molecule has 0 radical (unpaired) electrons. The van der Waals surface area contributed by atoms with E-state index >= 15 is 0 Å². The molecule has 1 aromatic rings. The maximum atomic E-state index is 8.65. The van der Waals surface area contributed by atoms with E-state index in [2.05, 4.69) is 20.4 Å². The fourth-order valence-electron chi connectivity index (χ4n) is 1.38. The largest absolute Gasteiger partial charge is 0.409 e. The molecule has 1 aromatic heterocycles. The number of hydrogen-bond acceptors (Lipinski definition) is 5. The predicted octanol–water partition coefficient (Wildman–Crippen LogP) is -0.173. The molecule has 0 aromatic carbocycles. The summed E-state index contributed by atoms with van der Waals surface area (Å²) in [5.74, 6) is 0.0370. The summed E-state index contributed by atoms with van der Waals surface area (Å²) < 4.78 is 0. The van der Waals surface area contributed by atoms with Gasteiger partial charge in [0.2, 0.25) is 0 Å². The molecule has 0 aliphatic carbocycles. The van der Waals surface area contributed by atoms with Crippen LogP contribution < -0.4 is 11.1 Å². The zero-order valence-electron chi connectivity index (χ0n) is 10.2. The van der Waals surface area contributed by atoms with Gasteiger partial charge in [-0.25, -0.2) is 0 Å². The second-order valence-corrected chi connectivity index (χ2v) is 3.98. The number of nitrogens with one attached hydrogen (secondary N) is 1. The lowest BCUT2D eigenvalue weighted by Crippen LogP contribution is -2.27. The van der Waals surface area contributed by atoms with Crippen LogP contribution in [0.3, 0.4) is 0 Å². The Balaban J connectivity index is 2.58. The molecule has 0 aliphatic rings. The van der Waals surface area contributed by atoms with Crippen molar-refractivity contribution in [1.82, 2.24) is 15.2 Å². The number of oxime groups is 1. The van der Waals surface area contributed by atoms with Gasteiger partial charge in [-0.05, 0) is 25.7 Å². The molecule has 6 nitrogen and oxygen atoms in total. The highest BCUT2D eigenvalue weighted by Gasteiger charge is 2.07. The summed E-state index contributed by atoms with van der Waals surface area (Å²) in [6.45, 7) is 2.48. The Morgan fingerprint density at radius 2 is 2.35 bits per heavy atom. The van der Waals surface area contributed by atoms with E-state index in [9.17, 15) is 0 Å². The van der Waals surface area contributed by atoms with E-state index in [-0.39, 0.29) is 5.84 Å². The van der Waals surface area contributed by atoms with Crippen LogP contribution >= 0.6 is 0 Å². The second kappa shape index (κ2) is 6.82. The molecule has 94 valence electrons. The molecule has 17 heavy (non-hydrogen) atoms. The predicted molar refractivity (Wildman–Crippen MR) is 67.0 cm³/mol. The van der Waals surface area contributed by atoms with Gasteiger partial charge >= 0.3 is 0 Å². The van der Waals surface area contributed by atoms with Crippen molar-refractivity contribution in [3.63, 3.8) is 0 Å². The van der Waals surface area contributed by atoms with Gasteiger partial charge in [-0.1, -0.05) is 11.2 Å². The molecule has 0 amide bonds. The Hall–Kier alpha value is -1.66. The number of pyridine rings is 1. The Morgan fingerprint density at radius 1 is 1.59 bits per heavy atom. The van der Waals surface area contributed by atoms with Crippen LogP contribution in [0.2, 0.25) is 0 Å². The SMILES string of the molecule is CN(C)CCNCc1cccnc1/C(N)=N/O. The van der Waals surface area contributed by atoms with Crippen LogP contribution in [0.4, 0.5) is 0 Å². The average molecular weight is 237 g/mol. The quantitative estimate of drug-likeness (QED) is 0.210. The lowest BCUT2D eigenvalue weighted by atomic mass is 10.2. The van der Waals surface area contributed by atoms with E-state index in [1.165, 1.54) is 0 Å². The maximum Gasteiger partial charge on any atom is 0.189 e. The van der Waals surface area contributed by atoms with Crippen molar-refractivity contribution >= 4 is 5.84 Å². The first-order valence-electron chi connectivity index (χ1n) is 5.42. The standard InChI is InChI=1S/C11H19N5O/c1-16(2)7-6-13-8-9-4-3-5-14-10(9)11(12)15-17/h3-5,13,17H,6-8H2,1-2H3,(H2,12,15). The van der Waals surface area contributed by atoms with Gasteiger partial charge in [0.15, 0.2) is 5.84 Å². The molecule has 4 N–H and O–H groups in total. The normalized spacial score (nSPS) is 12.1. The van der Waals surface area contributed by atoms with Gasteiger partial charge in [0.05, 0.1) is 0 Å². The molecular formula is C11H19N5O. The van der Waals surface area contributed by atoms with Crippen molar-refractivity contribution in [2.45, 2.75) is 6.54 Å². The van der Waals surface area contributed by atoms with Crippen LogP contribution in [0.25, 0.3) is 0 Å².